The number of hydrogen-bond acceptors (Lipinski definition) is 1. The minimum atomic E-state index is 0.679. The lowest BCUT2D eigenvalue weighted by molar-refractivity contribution is 0.562. The van der Waals surface area contributed by atoms with Crippen molar-refractivity contribution < 1.29 is 0 Å². The summed E-state index contributed by atoms with van der Waals surface area (Å²) in [7, 11) is 0. The molecule has 1 aromatic carbocycles. The van der Waals surface area contributed by atoms with Crippen LogP contribution in [0.1, 0.15) is 46.5 Å². The third kappa shape index (κ3) is 3.86. The summed E-state index contributed by atoms with van der Waals surface area (Å²) in [6.45, 7) is 8.05. The van der Waals surface area contributed by atoms with Gasteiger partial charge in [0.2, 0.25) is 0 Å². The van der Waals surface area contributed by atoms with Crippen molar-refractivity contribution in [1.29, 1.82) is 0 Å². The fourth-order valence-electron chi connectivity index (χ4n) is 3.10. The molecule has 0 aliphatic carbocycles. The Bertz CT molecular complexity index is 405. The molecule has 1 aromatic rings. The van der Waals surface area contributed by atoms with E-state index in [4.69, 9.17) is 0 Å². The molecule has 0 radical (unpaired) electrons. The van der Waals surface area contributed by atoms with E-state index in [0.29, 0.717) is 12.0 Å². The molecule has 0 N–H and O–H groups in total. The maximum atomic E-state index is 2.61. The highest BCUT2D eigenvalue weighted by molar-refractivity contribution is 5.47. The van der Waals surface area contributed by atoms with Crippen LogP contribution in [-0.4, -0.2) is 12.6 Å². The summed E-state index contributed by atoms with van der Waals surface area (Å²) in [5, 5.41) is 0. The monoisotopic (exact) mass is 257 g/mol. The van der Waals surface area contributed by atoms with Crippen LogP contribution in [0.25, 0.3) is 0 Å². The van der Waals surface area contributed by atoms with Gasteiger partial charge in [0, 0.05) is 18.3 Å². The maximum absolute atomic E-state index is 2.61. The minimum absolute atomic E-state index is 0.679. The van der Waals surface area contributed by atoms with E-state index in [1.807, 2.05) is 0 Å². The first-order valence-electron chi connectivity index (χ1n) is 7.72. The Morgan fingerprint density at radius 2 is 1.95 bits per heavy atom. The van der Waals surface area contributed by atoms with E-state index in [9.17, 15) is 0 Å². The van der Waals surface area contributed by atoms with Gasteiger partial charge in [-0.2, -0.15) is 0 Å². The fourth-order valence-corrected chi connectivity index (χ4v) is 3.10. The number of hydrogen-bond donors (Lipinski definition) is 0. The molecule has 1 aliphatic heterocycles. The molecular weight excluding hydrogens is 230 g/mol. The highest BCUT2D eigenvalue weighted by Crippen LogP contribution is 2.28. The van der Waals surface area contributed by atoms with Crippen LogP contribution in [0.2, 0.25) is 0 Å². The predicted molar refractivity (Wildman–Crippen MR) is 84.6 cm³/mol. The highest BCUT2D eigenvalue weighted by atomic mass is 15.2. The summed E-state index contributed by atoms with van der Waals surface area (Å²) in [4.78, 5) is 2.61. The second kappa shape index (κ2) is 6.79. The zero-order valence-electron chi connectivity index (χ0n) is 12.6. The lowest BCUT2D eigenvalue weighted by Crippen LogP contribution is -2.34. The van der Waals surface area contributed by atoms with Crippen LogP contribution in [0.15, 0.2) is 42.0 Å². The lowest BCUT2D eigenvalue weighted by atomic mass is 10.0. The van der Waals surface area contributed by atoms with Gasteiger partial charge in [0.15, 0.2) is 0 Å². The van der Waals surface area contributed by atoms with Crippen LogP contribution in [-0.2, 0) is 0 Å². The molecule has 1 nitrogen and oxygen atoms in total. The van der Waals surface area contributed by atoms with Gasteiger partial charge in [-0.25, -0.2) is 0 Å². The molecular formula is C18H27N. The molecule has 0 saturated carbocycles. The smallest absolute Gasteiger partial charge is 0.0368 e. The first-order valence-corrected chi connectivity index (χ1v) is 7.72. The molecule has 104 valence electrons. The Morgan fingerprint density at radius 1 is 1.21 bits per heavy atom. The Balaban J connectivity index is 2.15. The van der Waals surface area contributed by atoms with Gasteiger partial charge in [0.05, 0.1) is 0 Å². The van der Waals surface area contributed by atoms with Crippen LogP contribution in [0.5, 0.6) is 0 Å². The minimum Gasteiger partial charge on any atom is -0.368 e. The number of allylic oxidation sites excluding steroid dienone is 1. The Kier molecular flexibility index (Phi) is 5.07. The van der Waals surface area contributed by atoms with Crippen LogP contribution in [0, 0.1) is 5.92 Å². The molecule has 2 rings (SSSR count). The van der Waals surface area contributed by atoms with Crippen molar-refractivity contribution in [3.05, 3.63) is 42.0 Å². The average Bonchev–Trinajstić information content (AvgIpc) is 2.61. The Labute approximate surface area is 118 Å². The van der Waals surface area contributed by atoms with E-state index in [2.05, 4.69) is 62.1 Å². The van der Waals surface area contributed by atoms with Crippen LogP contribution >= 0.6 is 0 Å². The Morgan fingerprint density at radius 3 is 2.58 bits per heavy atom. The van der Waals surface area contributed by atoms with E-state index < -0.39 is 0 Å². The van der Waals surface area contributed by atoms with Crippen molar-refractivity contribution in [2.24, 2.45) is 5.92 Å². The van der Waals surface area contributed by atoms with Gasteiger partial charge in [0.1, 0.15) is 0 Å². The van der Waals surface area contributed by atoms with E-state index in [0.717, 1.165) is 0 Å². The van der Waals surface area contributed by atoms with Gasteiger partial charge >= 0.3 is 0 Å². The second-order valence-electron chi connectivity index (χ2n) is 5.95. The van der Waals surface area contributed by atoms with Gasteiger partial charge in [-0.1, -0.05) is 50.6 Å². The fraction of sp³-hybridized carbons (Fsp3) is 0.556. The summed E-state index contributed by atoms with van der Waals surface area (Å²) in [5.41, 5.74) is 3.05. The molecule has 0 amide bonds. The topological polar surface area (TPSA) is 3.24 Å². The van der Waals surface area contributed by atoms with Gasteiger partial charge < -0.3 is 4.90 Å². The number of rotatable bonds is 3. The summed E-state index contributed by atoms with van der Waals surface area (Å²) in [5.74, 6) is 0.679. The van der Waals surface area contributed by atoms with Gasteiger partial charge in [0.25, 0.3) is 0 Å². The van der Waals surface area contributed by atoms with Crippen molar-refractivity contribution in [2.45, 2.75) is 52.5 Å². The second-order valence-corrected chi connectivity index (χ2v) is 5.95. The Hall–Kier alpha value is -1.24. The third-order valence-electron chi connectivity index (χ3n) is 4.04. The molecule has 1 heteroatoms. The highest BCUT2D eigenvalue weighted by Gasteiger charge is 2.21. The number of para-hydroxylation sites is 1. The molecule has 1 aliphatic rings. The zero-order valence-corrected chi connectivity index (χ0v) is 12.6. The summed E-state index contributed by atoms with van der Waals surface area (Å²) in [6.07, 6.45) is 7.51. The standard InChI is InChI=1S/C18H27N/c1-4-17-11-10-16(14-15(2)3)12-13-19(17)18-8-6-5-7-9-18/h5-9,14-15,17H,4,10-13H2,1-3H3/b16-14-. The number of nitrogens with zero attached hydrogens (tertiary/aromatic N) is 1. The maximum Gasteiger partial charge on any atom is 0.0368 e. The molecule has 0 aromatic heterocycles. The predicted octanol–water partition coefficient (Wildman–Crippen LogP) is 5.04. The molecule has 1 saturated heterocycles. The van der Waals surface area contributed by atoms with E-state index in [1.54, 1.807) is 5.57 Å². The van der Waals surface area contributed by atoms with Gasteiger partial charge in [-0.05, 0) is 43.7 Å². The molecule has 1 heterocycles. The summed E-state index contributed by atoms with van der Waals surface area (Å²) < 4.78 is 0. The lowest BCUT2D eigenvalue weighted by Gasteiger charge is -2.31. The quantitative estimate of drug-likeness (QED) is 0.686. The zero-order chi connectivity index (χ0) is 13.7. The molecule has 0 spiro atoms. The van der Waals surface area contributed by atoms with Crippen LogP contribution in [0.3, 0.4) is 0 Å². The van der Waals surface area contributed by atoms with Gasteiger partial charge in [-0.15, -0.1) is 0 Å². The molecule has 19 heavy (non-hydrogen) atoms. The molecule has 1 fully saturated rings. The van der Waals surface area contributed by atoms with Crippen molar-refractivity contribution in [3.8, 4) is 0 Å². The van der Waals surface area contributed by atoms with Crippen molar-refractivity contribution in [1.82, 2.24) is 0 Å². The van der Waals surface area contributed by atoms with E-state index >= 15 is 0 Å². The summed E-state index contributed by atoms with van der Waals surface area (Å²) >= 11 is 0. The number of anilines is 1. The van der Waals surface area contributed by atoms with Crippen molar-refractivity contribution in [2.75, 3.05) is 11.4 Å². The number of benzene rings is 1. The largest absolute Gasteiger partial charge is 0.368 e. The normalized spacial score (nSPS) is 22.8. The van der Waals surface area contributed by atoms with E-state index in [1.165, 1.54) is 37.9 Å². The molecule has 1 atom stereocenters. The van der Waals surface area contributed by atoms with Crippen molar-refractivity contribution in [3.63, 3.8) is 0 Å². The SMILES string of the molecule is CCC1CC/C(=C/C(C)C)CCN1c1ccccc1. The van der Waals surface area contributed by atoms with Crippen LogP contribution < -0.4 is 4.90 Å². The summed E-state index contributed by atoms with van der Waals surface area (Å²) in [6, 6.07) is 11.6. The van der Waals surface area contributed by atoms with E-state index in [-0.39, 0.29) is 0 Å². The first kappa shape index (κ1) is 14.2. The van der Waals surface area contributed by atoms with Crippen molar-refractivity contribution >= 4 is 5.69 Å². The molecule has 1 unspecified atom stereocenters. The third-order valence-corrected chi connectivity index (χ3v) is 4.04. The van der Waals surface area contributed by atoms with Crippen LogP contribution in [0.4, 0.5) is 5.69 Å². The first-order chi connectivity index (χ1) is 9.20. The molecule has 0 bridgehead atoms. The van der Waals surface area contributed by atoms with Gasteiger partial charge in [-0.3, -0.25) is 0 Å². The average molecular weight is 257 g/mol.